The Kier molecular flexibility index (Phi) is 36.8. The molecule has 0 spiro atoms. The number of aliphatic hydroxyl groups is 1. The Labute approximate surface area is 334 Å². The van der Waals surface area contributed by atoms with E-state index in [0.29, 0.717) is 17.4 Å². The van der Waals surface area contributed by atoms with Crippen LogP contribution in [0, 0.1) is 0 Å². The highest BCUT2D eigenvalue weighted by Gasteiger charge is 2.23. The van der Waals surface area contributed by atoms with Crippen molar-refractivity contribution in [2.75, 3.05) is 40.9 Å². The largest absolute Gasteiger partial charge is 0.756 e. The highest BCUT2D eigenvalue weighted by Crippen LogP contribution is 2.38. The van der Waals surface area contributed by atoms with Crippen LogP contribution in [0.5, 0.6) is 0 Å². The van der Waals surface area contributed by atoms with Crippen molar-refractivity contribution in [2.24, 2.45) is 0 Å². The van der Waals surface area contributed by atoms with Crippen molar-refractivity contribution in [1.29, 1.82) is 0 Å². The van der Waals surface area contributed by atoms with Crippen LogP contribution in [-0.4, -0.2) is 68.5 Å². The van der Waals surface area contributed by atoms with Gasteiger partial charge in [-0.3, -0.25) is 9.36 Å². The van der Waals surface area contributed by atoms with Crippen LogP contribution in [0.3, 0.4) is 0 Å². The van der Waals surface area contributed by atoms with Crippen LogP contribution >= 0.6 is 7.82 Å². The molecule has 0 aromatic carbocycles. The predicted octanol–water partition coefficient (Wildman–Crippen LogP) is 11.9. The van der Waals surface area contributed by atoms with E-state index in [9.17, 15) is 19.4 Å². The molecule has 0 fully saturated rings. The number of nitrogens with one attached hydrogen (secondary N) is 1. The fourth-order valence-corrected chi connectivity index (χ4v) is 7.24. The number of carbonyl (C=O) groups excluding carboxylic acids is 1. The third-order valence-electron chi connectivity index (χ3n) is 10.2. The highest BCUT2D eigenvalue weighted by atomic mass is 31.2. The molecule has 0 saturated carbocycles. The second kappa shape index (κ2) is 37.6. The summed E-state index contributed by atoms with van der Waals surface area (Å²) in [6.45, 7) is 4.63. The number of quaternary nitrogens is 1. The molecule has 54 heavy (non-hydrogen) atoms. The van der Waals surface area contributed by atoms with E-state index in [1.165, 1.54) is 148 Å². The van der Waals surface area contributed by atoms with Gasteiger partial charge in [0, 0.05) is 6.42 Å². The summed E-state index contributed by atoms with van der Waals surface area (Å²) in [5.41, 5.74) is 0. The van der Waals surface area contributed by atoms with Gasteiger partial charge >= 0.3 is 0 Å². The Balaban J connectivity index is 4.40. The first-order valence-corrected chi connectivity index (χ1v) is 24.2. The summed E-state index contributed by atoms with van der Waals surface area (Å²) in [7, 11) is 1.25. The average molecular weight is 785 g/mol. The molecule has 0 saturated heterocycles. The van der Waals surface area contributed by atoms with Gasteiger partial charge < -0.3 is 28.8 Å². The number of rotatable bonds is 41. The second-order valence-corrected chi connectivity index (χ2v) is 18.2. The maximum absolute atomic E-state index is 12.8. The molecule has 0 aliphatic rings. The van der Waals surface area contributed by atoms with Gasteiger partial charge in [-0.05, 0) is 32.1 Å². The number of phosphoric acid groups is 1. The van der Waals surface area contributed by atoms with Crippen LogP contribution in [0.4, 0.5) is 0 Å². The third-order valence-corrected chi connectivity index (χ3v) is 11.1. The van der Waals surface area contributed by atoms with Crippen molar-refractivity contribution in [1.82, 2.24) is 5.32 Å². The smallest absolute Gasteiger partial charge is 0.268 e. The molecule has 9 heteroatoms. The van der Waals surface area contributed by atoms with E-state index in [4.69, 9.17) is 9.05 Å². The Morgan fingerprint density at radius 2 is 1.04 bits per heavy atom. The number of unbranched alkanes of at least 4 members (excludes halogenated alkanes) is 26. The van der Waals surface area contributed by atoms with E-state index in [1.807, 2.05) is 27.2 Å². The molecule has 0 radical (unpaired) electrons. The van der Waals surface area contributed by atoms with Crippen molar-refractivity contribution < 1.29 is 32.9 Å². The normalized spacial score (nSPS) is 14.6. The molecule has 8 nitrogen and oxygen atoms in total. The molecule has 0 aromatic rings. The standard InChI is InChI=1S/C45H89N2O6P/c1-6-8-10-12-14-16-18-20-22-23-24-25-27-29-31-33-35-37-39-45(49)46-43(42-53-54(50,51)52-41-40-47(3,4)5)44(48)38-36-34-32-30-28-26-21-19-17-15-13-11-9-7-2/h28,30,36,38,43-44,48H,6-27,29,31-35,37,39-42H2,1-5H3,(H-,46,49,50,51)/b30-28+,38-36+/t43-,44+/m0/s1. The number of allylic oxidation sites excluding steroid dienone is 3. The van der Waals surface area contributed by atoms with Crippen molar-refractivity contribution in [3.05, 3.63) is 24.3 Å². The molecule has 0 bridgehead atoms. The summed E-state index contributed by atoms with van der Waals surface area (Å²) in [4.78, 5) is 25.3. The third kappa shape index (κ3) is 39.2. The fourth-order valence-electron chi connectivity index (χ4n) is 6.52. The van der Waals surface area contributed by atoms with Gasteiger partial charge in [-0.2, -0.15) is 0 Å². The molecule has 0 aromatic heterocycles. The average Bonchev–Trinajstić information content (AvgIpc) is 3.12. The first-order valence-electron chi connectivity index (χ1n) is 22.7. The number of hydrogen-bond acceptors (Lipinski definition) is 6. The summed E-state index contributed by atoms with van der Waals surface area (Å²) in [5.74, 6) is -0.205. The van der Waals surface area contributed by atoms with Gasteiger partial charge in [0.2, 0.25) is 5.91 Å². The van der Waals surface area contributed by atoms with Gasteiger partial charge in [-0.15, -0.1) is 0 Å². The van der Waals surface area contributed by atoms with Gasteiger partial charge in [0.25, 0.3) is 7.82 Å². The number of nitrogens with zero attached hydrogens (tertiary/aromatic N) is 1. The first kappa shape index (κ1) is 53.0. The molecule has 1 unspecified atom stereocenters. The first-order chi connectivity index (χ1) is 26.0. The minimum atomic E-state index is -4.59. The van der Waals surface area contributed by atoms with Gasteiger partial charge in [0.05, 0.1) is 39.9 Å². The van der Waals surface area contributed by atoms with Gasteiger partial charge in [-0.25, -0.2) is 0 Å². The zero-order chi connectivity index (χ0) is 40.0. The van der Waals surface area contributed by atoms with E-state index in [1.54, 1.807) is 6.08 Å². The Hall–Kier alpha value is -1.02. The van der Waals surface area contributed by atoms with E-state index in [2.05, 4.69) is 31.3 Å². The number of aliphatic hydroxyl groups excluding tert-OH is 1. The van der Waals surface area contributed by atoms with E-state index in [0.717, 1.165) is 38.5 Å². The Morgan fingerprint density at radius 3 is 1.50 bits per heavy atom. The number of amides is 1. The molecular weight excluding hydrogens is 695 g/mol. The zero-order valence-corrected chi connectivity index (χ0v) is 37.1. The van der Waals surface area contributed by atoms with Crippen molar-refractivity contribution in [3.63, 3.8) is 0 Å². The van der Waals surface area contributed by atoms with E-state index < -0.39 is 20.0 Å². The zero-order valence-electron chi connectivity index (χ0n) is 36.2. The van der Waals surface area contributed by atoms with E-state index in [-0.39, 0.29) is 19.1 Å². The molecule has 1 amide bonds. The summed E-state index contributed by atoms with van der Waals surface area (Å²) >= 11 is 0. The lowest BCUT2D eigenvalue weighted by Gasteiger charge is -2.29. The summed E-state index contributed by atoms with van der Waals surface area (Å²) in [5, 5.41) is 13.7. The molecule has 0 heterocycles. The topological polar surface area (TPSA) is 108 Å². The van der Waals surface area contributed by atoms with Gasteiger partial charge in [0.1, 0.15) is 13.2 Å². The number of carbonyl (C=O) groups is 1. The van der Waals surface area contributed by atoms with Crippen LogP contribution in [0.15, 0.2) is 24.3 Å². The number of hydrogen-bond donors (Lipinski definition) is 2. The molecular formula is C45H89N2O6P. The lowest BCUT2D eigenvalue weighted by atomic mass is 10.0. The lowest BCUT2D eigenvalue weighted by molar-refractivity contribution is -0.870. The molecule has 2 N–H and O–H groups in total. The van der Waals surface area contributed by atoms with Crippen LogP contribution in [-0.2, 0) is 18.4 Å². The molecule has 3 atom stereocenters. The van der Waals surface area contributed by atoms with E-state index >= 15 is 0 Å². The maximum atomic E-state index is 12.8. The monoisotopic (exact) mass is 785 g/mol. The molecule has 0 aliphatic heterocycles. The molecule has 320 valence electrons. The summed E-state index contributed by atoms with van der Waals surface area (Å²) < 4.78 is 23.2. The maximum Gasteiger partial charge on any atom is 0.268 e. The second-order valence-electron chi connectivity index (χ2n) is 16.8. The van der Waals surface area contributed by atoms with Crippen LogP contribution in [0.1, 0.15) is 206 Å². The Morgan fingerprint density at radius 1 is 0.630 bits per heavy atom. The fraction of sp³-hybridized carbons (Fsp3) is 0.889. The Bertz CT molecular complexity index is 938. The molecule has 0 aliphatic carbocycles. The minimum Gasteiger partial charge on any atom is -0.756 e. The minimum absolute atomic E-state index is 0.00428. The molecule has 0 rings (SSSR count). The van der Waals surface area contributed by atoms with Crippen molar-refractivity contribution in [3.8, 4) is 0 Å². The van der Waals surface area contributed by atoms with Crippen LogP contribution in [0.25, 0.3) is 0 Å². The summed E-state index contributed by atoms with van der Waals surface area (Å²) in [6.07, 6.45) is 43.7. The number of phosphoric ester groups is 1. The number of likely N-dealkylation sites (N-methyl/N-ethyl adjacent to an activating group) is 1. The van der Waals surface area contributed by atoms with Gasteiger partial charge in [0.15, 0.2) is 0 Å². The SMILES string of the molecule is CCCCCCCCCC/C=C/CC/C=C/[C@@H](O)[C@H](COP(=O)([O-])OCC[N+](C)(C)C)NC(=O)CCCCCCCCCCCCCCCCCCCC. The highest BCUT2D eigenvalue weighted by molar-refractivity contribution is 7.45. The van der Waals surface area contributed by atoms with Crippen LogP contribution < -0.4 is 10.2 Å². The van der Waals surface area contributed by atoms with Crippen molar-refractivity contribution in [2.45, 2.75) is 219 Å². The van der Waals surface area contributed by atoms with Crippen molar-refractivity contribution >= 4 is 13.7 Å². The predicted molar refractivity (Wildman–Crippen MR) is 228 cm³/mol. The summed E-state index contributed by atoms with van der Waals surface area (Å²) in [6, 6.07) is -0.897. The van der Waals surface area contributed by atoms with Gasteiger partial charge in [-0.1, -0.05) is 192 Å². The van der Waals surface area contributed by atoms with Crippen LogP contribution in [0.2, 0.25) is 0 Å². The quantitative estimate of drug-likeness (QED) is 0.0277. The lowest BCUT2D eigenvalue weighted by Crippen LogP contribution is -2.45.